The molecular formula is C13H17FN2O2. The summed E-state index contributed by atoms with van der Waals surface area (Å²) in [6.07, 6.45) is 1.62. The van der Waals surface area contributed by atoms with Gasteiger partial charge in [0.05, 0.1) is 5.69 Å². The standard InChI is InChI=1S/C13H17FN2O2/c1-3-18-13(4-5-13)16-12(17)9-7-11(15)10(14)6-8(9)2/h6-7H,3-5,15H2,1-2H3,(H,16,17). The third-order valence-electron chi connectivity index (χ3n) is 3.05. The number of hydrogen-bond donors (Lipinski definition) is 2. The Hall–Kier alpha value is -1.62. The Balaban J connectivity index is 2.17. The van der Waals surface area contributed by atoms with E-state index in [2.05, 4.69) is 5.32 Å². The van der Waals surface area contributed by atoms with E-state index in [4.69, 9.17) is 10.5 Å². The summed E-state index contributed by atoms with van der Waals surface area (Å²) in [7, 11) is 0. The number of anilines is 1. The molecule has 1 aromatic carbocycles. The van der Waals surface area contributed by atoms with Gasteiger partial charge in [-0.3, -0.25) is 4.79 Å². The van der Waals surface area contributed by atoms with Gasteiger partial charge in [0.25, 0.3) is 5.91 Å². The number of nitrogens with one attached hydrogen (secondary N) is 1. The number of aryl methyl sites for hydroxylation is 1. The fraction of sp³-hybridized carbons (Fsp3) is 0.462. The van der Waals surface area contributed by atoms with E-state index in [1.165, 1.54) is 12.1 Å². The van der Waals surface area contributed by atoms with Gasteiger partial charge in [-0.05, 0) is 44.4 Å². The van der Waals surface area contributed by atoms with Gasteiger partial charge in [0, 0.05) is 12.2 Å². The van der Waals surface area contributed by atoms with Gasteiger partial charge in [0.2, 0.25) is 0 Å². The van der Waals surface area contributed by atoms with Gasteiger partial charge in [0.15, 0.2) is 0 Å². The number of carbonyl (C=O) groups is 1. The van der Waals surface area contributed by atoms with Crippen molar-refractivity contribution in [3.63, 3.8) is 0 Å². The molecule has 1 saturated carbocycles. The molecule has 0 saturated heterocycles. The number of nitrogens with two attached hydrogens (primary N) is 1. The average Bonchev–Trinajstić information content (AvgIpc) is 3.03. The van der Waals surface area contributed by atoms with E-state index in [1.807, 2.05) is 6.92 Å². The van der Waals surface area contributed by atoms with Crippen LogP contribution in [0.3, 0.4) is 0 Å². The first kappa shape index (κ1) is 12.8. The van der Waals surface area contributed by atoms with Gasteiger partial charge >= 0.3 is 0 Å². The molecule has 0 atom stereocenters. The van der Waals surface area contributed by atoms with Crippen molar-refractivity contribution in [1.29, 1.82) is 0 Å². The molecule has 1 amide bonds. The average molecular weight is 252 g/mol. The minimum atomic E-state index is -0.526. The Labute approximate surface area is 105 Å². The van der Waals surface area contributed by atoms with Crippen LogP contribution in [0.5, 0.6) is 0 Å². The number of rotatable bonds is 4. The molecule has 4 nitrogen and oxygen atoms in total. The summed E-state index contributed by atoms with van der Waals surface area (Å²) < 4.78 is 18.7. The van der Waals surface area contributed by atoms with Crippen molar-refractivity contribution in [1.82, 2.24) is 5.32 Å². The molecule has 1 aromatic rings. The number of ether oxygens (including phenoxy) is 1. The first-order chi connectivity index (χ1) is 8.47. The Morgan fingerprint density at radius 3 is 2.78 bits per heavy atom. The molecule has 0 aromatic heterocycles. The first-order valence-electron chi connectivity index (χ1n) is 5.99. The molecule has 0 radical (unpaired) electrons. The zero-order valence-electron chi connectivity index (χ0n) is 10.5. The van der Waals surface area contributed by atoms with Crippen molar-refractivity contribution in [2.24, 2.45) is 0 Å². The lowest BCUT2D eigenvalue weighted by molar-refractivity contribution is 0.0165. The molecule has 98 valence electrons. The molecule has 1 aliphatic carbocycles. The molecule has 0 heterocycles. The van der Waals surface area contributed by atoms with E-state index >= 15 is 0 Å². The van der Waals surface area contributed by atoms with Gasteiger partial charge in [0.1, 0.15) is 11.5 Å². The zero-order chi connectivity index (χ0) is 13.3. The summed E-state index contributed by atoms with van der Waals surface area (Å²) in [6, 6.07) is 2.63. The van der Waals surface area contributed by atoms with E-state index in [1.54, 1.807) is 6.92 Å². The van der Waals surface area contributed by atoms with Gasteiger partial charge in [-0.2, -0.15) is 0 Å². The normalized spacial score (nSPS) is 16.4. The van der Waals surface area contributed by atoms with Crippen molar-refractivity contribution in [3.05, 3.63) is 29.1 Å². The van der Waals surface area contributed by atoms with Crippen LogP contribution in [0.25, 0.3) is 0 Å². The van der Waals surface area contributed by atoms with Crippen molar-refractivity contribution >= 4 is 11.6 Å². The number of amides is 1. The molecule has 18 heavy (non-hydrogen) atoms. The van der Waals surface area contributed by atoms with Crippen molar-refractivity contribution in [2.75, 3.05) is 12.3 Å². The minimum absolute atomic E-state index is 0.0213. The van der Waals surface area contributed by atoms with Crippen LogP contribution >= 0.6 is 0 Å². The fourth-order valence-electron chi connectivity index (χ4n) is 1.90. The summed E-state index contributed by atoms with van der Waals surface area (Å²) in [4.78, 5) is 12.1. The molecule has 2 rings (SSSR count). The molecule has 0 bridgehead atoms. The van der Waals surface area contributed by atoms with Crippen LogP contribution in [0.4, 0.5) is 10.1 Å². The predicted molar refractivity (Wildman–Crippen MR) is 66.6 cm³/mol. The third kappa shape index (κ3) is 2.46. The second kappa shape index (κ2) is 4.57. The maximum atomic E-state index is 13.2. The summed E-state index contributed by atoms with van der Waals surface area (Å²) in [5.41, 5.74) is 5.88. The second-order valence-corrected chi connectivity index (χ2v) is 4.57. The van der Waals surface area contributed by atoms with Crippen LogP contribution in [-0.2, 0) is 4.74 Å². The van der Waals surface area contributed by atoms with Crippen LogP contribution in [-0.4, -0.2) is 18.2 Å². The number of carbonyl (C=O) groups excluding carboxylic acids is 1. The summed E-state index contributed by atoms with van der Waals surface area (Å²) in [5.74, 6) is -0.778. The SMILES string of the molecule is CCOC1(NC(=O)c2cc(N)c(F)cc2C)CC1. The molecule has 0 unspecified atom stereocenters. The lowest BCUT2D eigenvalue weighted by Crippen LogP contribution is -2.39. The highest BCUT2D eigenvalue weighted by Gasteiger charge is 2.45. The van der Waals surface area contributed by atoms with Crippen LogP contribution in [0.15, 0.2) is 12.1 Å². The maximum Gasteiger partial charge on any atom is 0.253 e. The van der Waals surface area contributed by atoms with Gasteiger partial charge in [-0.1, -0.05) is 0 Å². The smallest absolute Gasteiger partial charge is 0.253 e. The Kier molecular flexibility index (Phi) is 3.26. The number of halogens is 1. The highest BCUT2D eigenvalue weighted by atomic mass is 19.1. The largest absolute Gasteiger partial charge is 0.396 e. The molecular weight excluding hydrogens is 235 g/mol. The van der Waals surface area contributed by atoms with E-state index in [-0.39, 0.29) is 11.6 Å². The first-order valence-corrected chi connectivity index (χ1v) is 5.99. The van der Waals surface area contributed by atoms with Gasteiger partial charge in [-0.15, -0.1) is 0 Å². The molecule has 1 aliphatic rings. The Morgan fingerprint density at radius 1 is 1.56 bits per heavy atom. The Bertz CT molecular complexity index is 484. The van der Waals surface area contributed by atoms with Crippen LogP contribution in [0.2, 0.25) is 0 Å². The fourth-order valence-corrected chi connectivity index (χ4v) is 1.90. The summed E-state index contributed by atoms with van der Waals surface area (Å²) in [5, 5.41) is 2.83. The second-order valence-electron chi connectivity index (χ2n) is 4.57. The zero-order valence-corrected chi connectivity index (χ0v) is 10.5. The quantitative estimate of drug-likeness (QED) is 0.636. The van der Waals surface area contributed by atoms with Crippen LogP contribution < -0.4 is 11.1 Å². The molecule has 0 spiro atoms. The summed E-state index contributed by atoms with van der Waals surface area (Å²) >= 11 is 0. The maximum absolute atomic E-state index is 13.2. The lowest BCUT2D eigenvalue weighted by atomic mass is 10.1. The van der Waals surface area contributed by atoms with Crippen LogP contribution in [0.1, 0.15) is 35.7 Å². The lowest BCUT2D eigenvalue weighted by Gasteiger charge is -2.18. The van der Waals surface area contributed by atoms with Gasteiger partial charge in [-0.25, -0.2) is 4.39 Å². The molecule has 0 aliphatic heterocycles. The monoisotopic (exact) mass is 252 g/mol. The van der Waals surface area contributed by atoms with Crippen molar-refractivity contribution in [3.8, 4) is 0 Å². The van der Waals surface area contributed by atoms with Gasteiger partial charge < -0.3 is 15.8 Å². The minimum Gasteiger partial charge on any atom is -0.396 e. The number of hydrogen-bond acceptors (Lipinski definition) is 3. The third-order valence-corrected chi connectivity index (χ3v) is 3.05. The number of benzene rings is 1. The van der Waals surface area contributed by atoms with E-state index in [0.29, 0.717) is 17.7 Å². The topological polar surface area (TPSA) is 64.3 Å². The van der Waals surface area contributed by atoms with Crippen molar-refractivity contribution in [2.45, 2.75) is 32.4 Å². The molecule has 5 heteroatoms. The van der Waals surface area contributed by atoms with E-state index < -0.39 is 11.5 Å². The number of nitrogen functional groups attached to an aromatic ring is 1. The highest BCUT2D eigenvalue weighted by molar-refractivity contribution is 5.97. The summed E-state index contributed by atoms with van der Waals surface area (Å²) in [6.45, 7) is 4.11. The van der Waals surface area contributed by atoms with E-state index in [9.17, 15) is 9.18 Å². The molecule has 1 fully saturated rings. The predicted octanol–water partition coefficient (Wildman–Crippen LogP) is 1.97. The highest BCUT2D eigenvalue weighted by Crippen LogP contribution is 2.36. The van der Waals surface area contributed by atoms with Crippen molar-refractivity contribution < 1.29 is 13.9 Å². The van der Waals surface area contributed by atoms with E-state index in [0.717, 1.165) is 12.8 Å². The van der Waals surface area contributed by atoms with Crippen LogP contribution in [0, 0.1) is 12.7 Å². The Morgan fingerprint density at radius 2 is 2.22 bits per heavy atom. The molecule has 3 N–H and O–H groups in total.